The van der Waals surface area contributed by atoms with Crippen molar-refractivity contribution in [2.75, 3.05) is 24.4 Å². The van der Waals surface area contributed by atoms with Crippen LogP contribution in [0.4, 0.5) is 5.69 Å². The standard InChI is InChI=1S/C13H17NO4S/c1-18-9-5-6-11(10(8-9)13(16)17)14-12(15)4-3-7-19-2/h5-6,8H,3-4,7H2,1-2H3,(H,14,15)(H,16,17). The number of carbonyl (C=O) groups is 2. The maximum absolute atomic E-state index is 11.7. The minimum Gasteiger partial charge on any atom is -0.497 e. The Hall–Kier alpha value is -1.69. The van der Waals surface area contributed by atoms with Crippen molar-refractivity contribution >= 4 is 29.3 Å². The van der Waals surface area contributed by atoms with E-state index in [2.05, 4.69) is 5.32 Å². The van der Waals surface area contributed by atoms with Crippen LogP contribution < -0.4 is 10.1 Å². The van der Waals surface area contributed by atoms with E-state index < -0.39 is 5.97 Å². The zero-order valence-corrected chi connectivity index (χ0v) is 11.8. The lowest BCUT2D eigenvalue weighted by molar-refractivity contribution is -0.116. The van der Waals surface area contributed by atoms with Crippen LogP contribution in [-0.4, -0.2) is 36.1 Å². The van der Waals surface area contributed by atoms with Gasteiger partial charge in [0.2, 0.25) is 5.91 Å². The molecule has 1 amide bonds. The molecule has 0 heterocycles. The summed E-state index contributed by atoms with van der Waals surface area (Å²) in [7, 11) is 1.46. The Bertz CT molecular complexity index is 462. The fourth-order valence-corrected chi connectivity index (χ4v) is 1.96. The molecule has 0 bridgehead atoms. The second-order valence-electron chi connectivity index (χ2n) is 3.86. The van der Waals surface area contributed by atoms with Crippen molar-refractivity contribution in [3.63, 3.8) is 0 Å². The molecule has 0 saturated carbocycles. The molecular weight excluding hydrogens is 266 g/mol. The van der Waals surface area contributed by atoms with Gasteiger partial charge in [-0.05, 0) is 36.6 Å². The number of hydrogen-bond acceptors (Lipinski definition) is 4. The molecule has 19 heavy (non-hydrogen) atoms. The minimum absolute atomic E-state index is 0.0255. The molecule has 0 aliphatic carbocycles. The number of aromatic carboxylic acids is 1. The number of amides is 1. The van der Waals surface area contributed by atoms with E-state index in [1.807, 2.05) is 6.26 Å². The Morgan fingerprint density at radius 3 is 2.74 bits per heavy atom. The average Bonchev–Trinajstić information content (AvgIpc) is 2.39. The Kier molecular flexibility index (Phi) is 6.21. The summed E-state index contributed by atoms with van der Waals surface area (Å²) in [6.07, 6.45) is 3.13. The molecule has 0 unspecified atom stereocenters. The molecule has 2 N–H and O–H groups in total. The molecule has 1 aromatic rings. The molecule has 0 radical (unpaired) electrons. The zero-order valence-electron chi connectivity index (χ0n) is 10.9. The fraction of sp³-hybridized carbons (Fsp3) is 0.385. The van der Waals surface area contributed by atoms with Gasteiger partial charge in [0.05, 0.1) is 18.4 Å². The van der Waals surface area contributed by atoms with Gasteiger partial charge in [0.25, 0.3) is 0 Å². The predicted octanol–water partition coefficient (Wildman–Crippen LogP) is 2.48. The van der Waals surface area contributed by atoms with Crippen LogP contribution in [0.5, 0.6) is 5.75 Å². The highest BCUT2D eigenvalue weighted by molar-refractivity contribution is 7.98. The molecule has 104 valence electrons. The van der Waals surface area contributed by atoms with E-state index in [1.165, 1.54) is 19.2 Å². The van der Waals surface area contributed by atoms with E-state index in [1.54, 1.807) is 17.8 Å². The summed E-state index contributed by atoms with van der Waals surface area (Å²) in [5, 5.41) is 11.7. The number of rotatable bonds is 7. The third kappa shape index (κ3) is 4.82. The molecule has 1 aromatic carbocycles. The number of carboxylic acids is 1. The number of ether oxygens (including phenoxy) is 1. The van der Waals surface area contributed by atoms with E-state index in [0.29, 0.717) is 17.9 Å². The second kappa shape index (κ2) is 7.68. The SMILES string of the molecule is COc1ccc(NC(=O)CCCSC)c(C(=O)O)c1. The molecule has 6 heteroatoms. The second-order valence-corrected chi connectivity index (χ2v) is 4.85. The molecule has 0 spiro atoms. The van der Waals surface area contributed by atoms with E-state index in [9.17, 15) is 9.59 Å². The summed E-state index contributed by atoms with van der Waals surface area (Å²) >= 11 is 1.67. The molecule has 0 saturated heterocycles. The molecule has 0 fully saturated rings. The van der Waals surface area contributed by atoms with Gasteiger partial charge in [0.15, 0.2) is 0 Å². The van der Waals surface area contributed by atoms with Gasteiger partial charge in [-0.1, -0.05) is 0 Å². The van der Waals surface area contributed by atoms with Crippen LogP contribution in [0.15, 0.2) is 18.2 Å². The van der Waals surface area contributed by atoms with Crippen LogP contribution in [-0.2, 0) is 4.79 Å². The lowest BCUT2D eigenvalue weighted by atomic mass is 10.1. The van der Waals surface area contributed by atoms with E-state index in [-0.39, 0.29) is 11.5 Å². The lowest BCUT2D eigenvalue weighted by Crippen LogP contribution is -2.14. The monoisotopic (exact) mass is 283 g/mol. The van der Waals surface area contributed by atoms with Gasteiger partial charge in [-0.3, -0.25) is 4.79 Å². The third-order valence-corrected chi connectivity index (χ3v) is 3.18. The maximum atomic E-state index is 11.7. The van der Waals surface area contributed by atoms with E-state index in [0.717, 1.165) is 12.2 Å². The van der Waals surface area contributed by atoms with Crippen LogP contribution in [0.2, 0.25) is 0 Å². The van der Waals surface area contributed by atoms with Crippen LogP contribution in [0, 0.1) is 0 Å². The van der Waals surface area contributed by atoms with Crippen LogP contribution in [0.1, 0.15) is 23.2 Å². The van der Waals surface area contributed by atoms with Gasteiger partial charge in [-0.25, -0.2) is 4.79 Å². The number of thioether (sulfide) groups is 1. The number of hydrogen-bond donors (Lipinski definition) is 2. The van der Waals surface area contributed by atoms with E-state index in [4.69, 9.17) is 9.84 Å². The number of carboxylic acid groups (broad SMARTS) is 1. The highest BCUT2D eigenvalue weighted by atomic mass is 32.2. The third-order valence-electron chi connectivity index (χ3n) is 2.48. The number of methoxy groups -OCH3 is 1. The lowest BCUT2D eigenvalue weighted by Gasteiger charge is -2.10. The number of carbonyl (C=O) groups excluding carboxylic acids is 1. The zero-order chi connectivity index (χ0) is 14.3. The average molecular weight is 283 g/mol. The quantitative estimate of drug-likeness (QED) is 0.752. The summed E-state index contributed by atoms with van der Waals surface area (Å²) in [6.45, 7) is 0. The van der Waals surface area contributed by atoms with E-state index >= 15 is 0 Å². The van der Waals surface area contributed by atoms with Crippen molar-refractivity contribution in [2.45, 2.75) is 12.8 Å². The Labute approximate surface area is 116 Å². The molecule has 1 rings (SSSR count). The highest BCUT2D eigenvalue weighted by Crippen LogP contribution is 2.22. The summed E-state index contributed by atoms with van der Waals surface area (Å²) < 4.78 is 4.97. The Balaban J connectivity index is 2.77. The van der Waals surface area contributed by atoms with Gasteiger partial charge in [-0.2, -0.15) is 11.8 Å². The van der Waals surface area contributed by atoms with Crippen molar-refractivity contribution in [1.82, 2.24) is 0 Å². The van der Waals surface area contributed by atoms with Crippen LogP contribution in [0.3, 0.4) is 0 Å². The topological polar surface area (TPSA) is 75.6 Å². The van der Waals surface area contributed by atoms with Gasteiger partial charge >= 0.3 is 5.97 Å². The minimum atomic E-state index is -1.10. The normalized spacial score (nSPS) is 10.0. The number of benzene rings is 1. The fourth-order valence-electron chi connectivity index (χ4n) is 1.53. The smallest absolute Gasteiger partial charge is 0.337 e. The van der Waals surface area contributed by atoms with Crippen molar-refractivity contribution in [3.8, 4) is 5.75 Å². The molecule has 0 aliphatic rings. The van der Waals surface area contributed by atoms with Gasteiger partial charge in [-0.15, -0.1) is 0 Å². The molecule has 0 aromatic heterocycles. The number of anilines is 1. The van der Waals surface area contributed by atoms with Crippen molar-refractivity contribution in [2.24, 2.45) is 0 Å². The first kappa shape index (κ1) is 15.4. The van der Waals surface area contributed by atoms with Gasteiger partial charge in [0.1, 0.15) is 5.75 Å². The molecule has 5 nitrogen and oxygen atoms in total. The van der Waals surface area contributed by atoms with Crippen molar-refractivity contribution in [3.05, 3.63) is 23.8 Å². The molecular formula is C13H17NO4S. The first-order valence-corrected chi connectivity index (χ1v) is 7.18. The largest absolute Gasteiger partial charge is 0.497 e. The van der Waals surface area contributed by atoms with Crippen LogP contribution in [0.25, 0.3) is 0 Å². The summed E-state index contributed by atoms with van der Waals surface area (Å²) in [4.78, 5) is 22.8. The number of nitrogens with one attached hydrogen (secondary N) is 1. The van der Waals surface area contributed by atoms with Crippen molar-refractivity contribution in [1.29, 1.82) is 0 Å². The van der Waals surface area contributed by atoms with Gasteiger partial charge in [0, 0.05) is 6.42 Å². The summed E-state index contributed by atoms with van der Waals surface area (Å²) in [5.41, 5.74) is 0.319. The first-order chi connectivity index (χ1) is 9.08. The van der Waals surface area contributed by atoms with Gasteiger partial charge < -0.3 is 15.2 Å². The molecule has 0 aliphatic heterocycles. The first-order valence-electron chi connectivity index (χ1n) is 5.78. The highest BCUT2D eigenvalue weighted by Gasteiger charge is 2.13. The Morgan fingerprint density at radius 1 is 1.42 bits per heavy atom. The maximum Gasteiger partial charge on any atom is 0.337 e. The van der Waals surface area contributed by atoms with Crippen LogP contribution >= 0.6 is 11.8 Å². The Morgan fingerprint density at radius 2 is 2.16 bits per heavy atom. The summed E-state index contributed by atoms with van der Waals surface area (Å²) in [5.74, 6) is 0.0692. The molecule has 0 atom stereocenters. The van der Waals surface area contributed by atoms with Crippen molar-refractivity contribution < 1.29 is 19.4 Å². The summed E-state index contributed by atoms with van der Waals surface area (Å²) in [6, 6.07) is 4.54. The predicted molar refractivity (Wildman–Crippen MR) is 76.2 cm³/mol.